The van der Waals surface area contributed by atoms with Crippen molar-refractivity contribution in [2.45, 2.75) is 6.54 Å². The SMILES string of the molecule is O=C(CN(CCO)Cc1cccnc1)Nc1ccc(F)cc1Cl. The zero-order valence-corrected chi connectivity index (χ0v) is 13.1. The smallest absolute Gasteiger partial charge is 0.238 e. The third-order valence-corrected chi connectivity index (χ3v) is 3.43. The Kier molecular flexibility index (Phi) is 6.46. The number of carbonyl (C=O) groups is 1. The Morgan fingerprint density at radius 2 is 2.22 bits per heavy atom. The molecule has 0 saturated carbocycles. The van der Waals surface area contributed by atoms with Crippen LogP contribution in [0.5, 0.6) is 0 Å². The van der Waals surface area contributed by atoms with Crippen molar-refractivity contribution in [3.63, 3.8) is 0 Å². The van der Waals surface area contributed by atoms with Gasteiger partial charge in [-0.15, -0.1) is 0 Å². The standard InChI is InChI=1S/C16H17ClFN3O2/c17-14-8-13(18)3-4-15(14)20-16(23)11-21(6-7-22)10-12-2-1-5-19-9-12/h1-5,8-9,22H,6-7,10-11H2,(H,20,23). The number of aliphatic hydroxyl groups excluding tert-OH is 1. The van der Waals surface area contributed by atoms with Crippen LogP contribution in [0.2, 0.25) is 5.02 Å². The van der Waals surface area contributed by atoms with Crippen LogP contribution in [-0.4, -0.2) is 40.6 Å². The summed E-state index contributed by atoms with van der Waals surface area (Å²) in [6.07, 6.45) is 3.38. The fraction of sp³-hybridized carbons (Fsp3) is 0.250. The minimum atomic E-state index is -0.466. The lowest BCUT2D eigenvalue weighted by atomic mass is 10.2. The van der Waals surface area contributed by atoms with Crippen molar-refractivity contribution in [2.75, 3.05) is 25.0 Å². The van der Waals surface area contributed by atoms with Gasteiger partial charge in [-0.1, -0.05) is 17.7 Å². The van der Waals surface area contributed by atoms with Gasteiger partial charge in [0.15, 0.2) is 0 Å². The van der Waals surface area contributed by atoms with E-state index in [9.17, 15) is 9.18 Å². The molecule has 0 aliphatic carbocycles. The van der Waals surface area contributed by atoms with Crippen molar-refractivity contribution < 1.29 is 14.3 Å². The molecule has 0 atom stereocenters. The number of aromatic nitrogens is 1. The summed E-state index contributed by atoms with van der Waals surface area (Å²) in [7, 11) is 0. The highest BCUT2D eigenvalue weighted by molar-refractivity contribution is 6.33. The van der Waals surface area contributed by atoms with Crippen molar-refractivity contribution in [1.82, 2.24) is 9.88 Å². The van der Waals surface area contributed by atoms with Crippen molar-refractivity contribution in [2.24, 2.45) is 0 Å². The number of carbonyl (C=O) groups excluding carboxylic acids is 1. The predicted molar refractivity (Wildman–Crippen MR) is 86.6 cm³/mol. The number of aliphatic hydroxyl groups is 1. The van der Waals surface area contributed by atoms with Gasteiger partial charge >= 0.3 is 0 Å². The maximum absolute atomic E-state index is 13.0. The second-order valence-corrected chi connectivity index (χ2v) is 5.38. The van der Waals surface area contributed by atoms with Gasteiger partial charge in [-0.05, 0) is 29.8 Å². The van der Waals surface area contributed by atoms with Crippen LogP contribution in [0, 0.1) is 5.82 Å². The summed E-state index contributed by atoms with van der Waals surface area (Å²) in [4.78, 5) is 17.9. The fourth-order valence-electron chi connectivity index (χ4n) is 2.09. The lowest BCUT2D eigenvalue weighted by molar-refractivity contribution is -0.117. The first kappa shape index (κ1) is 17.3. The number of rotatable bonds is 7. The van der Waals surface area contributed by atoms with Crippen LogP contribution in [0.15, 0.2) is 42.7 Å². The second kappa shape index (κ2) is 8.57. The summed E-state index contributed by atoms with van der Waals surface area (Å²) in [5.74, 6) is -0.762. The van der Waals surface area contributed by atoms with Crippen molar-refractivity contribution >= 4 is 23.2 Å². The highest BCUT2D eigenvalue weighted by Crippen LogP contribution is 2.22. The summed E-state index contributed by atoms with van der Waals surface area (Å²) < 4.78 is 13.0. The average Bonchev–Trinajstić information content (AvgIpc) is 2.51. The minimum absolute atomic E-state index is 0.0646. The predicted octanol–water partition coefficient (Wildman–Crippen LogP) is 2.31. The van der Waals surface area contributed by atoms with E-state index >= 15 is 0 Å². The zero-order chi connectivity index (χ0) is 16.7. The molecular weight excluding hydrogens is 321 g/mol. The van der Waals surface area contributed by atoms with Crippen molar-refractivity contribution in [1.29, 1.82) is 0 Å². The minimum Gasteiger partial charge on any atom is -0.395 e. The molecule has 0 bridgehead atoms. The molecule has 0 fully saturated rings. The summed E-state index contributed by atoms with van der Waals surface area (Å²) in [5, 5.41) is 11.9. The lowest BCUT2D eigenvalue weighted by Gasteiger charge is -2.20. The van der Waals surface area contributed by atoms with E-state index in [-0.39, 0.29) is 24.1 Å². The summed E-state index contributed by atoms with van der Waals surface area (Å²) in [5.41, 5.74) is 1.29. The summed E-state index contributed by atoms with van der Waals surface area (Å²) >= 11 is 5.88. The van der Waals surface area contributed by atoms with E-state index in [4.69, 9.17) is 16.7 Å². The molecule has 0 aliphatic rings. The highest BCUT2D eigenvalue weighted by atomic mass is 35.5. The third-order valence-electron chi connectivity index (χ3n) is 3.12. The molecule has 2 aromatic rings. The van der Waals surface area contributed by atoms with Crippen LogP contribution >= 0.6 is 11.6 Å². The van der Waals surface area contributed by atoms with Gasteiger partial charge in [0, 0.05) is 25.5 Å². The Bertz CT molecular complexity index is 655. The molecule has 0 unspecified atom stereocenters. The number of pyridine rings is 1. The topological polar surface area (TPSA) is 65.5 Å². The number of hydrogen-bond donors (Lipinski definition) is 2. The summed E-state index contributed by atoms with van der Waals surface area (Å²) in [6, 6.07) is 7.48. The number of halogens is 2. The van der Waals surface area contributed by atoms with Gasteiger partial charge in [0.1, 0.15) is 5.82 Å². The van der Waals surface area contributed by atoms with Crippen LogP contribution in [0.3, 0.4) is 0 Å². The van der Waals surface area contributed by atoms with Gasteiger partial charge in [-0.2, -0.15) is 0 Å². The molecule has 0 saturated heterocycles. The molecule has 0 radical (unpaired) electrons. The largest absolute Gasteiger partial charge is 0.395 e. The Hall–Kier alpha value is -2.02. The second-order valence-electron chi connectivity index (χ2n) is 4.97. The molecule has 2 rings (SSSR count). The van der Waals surface area contributed by atoms with Crippen LogP contribution in [-0.2, 0) is 11.3 Å². The van der Waals surface area contributed by atoms with E-state index in [1.165, 1.54) is 12.1 Å². The highest BCUT2D eigenvalue weighted by Gasteiger charge is 2.13. The number of benzene rings is 1. The molecule has 1 aromatic carbocycles. The van der Waals surface area contributed by atoms with Gasteiger partial charge in [-0.3, -0.25) is 14.7 Å². The molecule has 1 amide bonds. The number of hydrogen-bond acceptors (Lipinski definition) is 4. The molecule has 1 aromatic heterocycles. The molecule has 122 valence electrons. The molecule has 23 heavy (non-hydrogen) atoms. The molecule has 0 aliphatic heterocycles. The van der Waals surface area contributed by atoms with Crippen molar-refractivity contribution in [3.05, 3.63) is 59.1 Å². The molecule has 5 nitrogen and oxygen atoms in total. The molecule has 1 heterocycles. The van der Waals surface area contributed by atoms with Gasteiger partial charge < -0.3 is 10.4 Å². The molecule has 7 heteroatoms. The number of anilines is 1. The number of nitrogens with zero attached hydrogens (tertiary/aromatic N) is 2. The quantitative estimate of drug-likeness (QED) is 0.813. The van der Waals surface area contributed by atoms with Gasteiger partial charge in [-0.25, -0.2) is 4.39 Å². The number of amides is 1. The third kappa shape index (κ3) is 5.59. The number of nitrogens with one attached hydrogen (secondary N) is 1. The van der Waals surface area contributed by atoms with Crippen LogP contribution < -0.4 is 5.32 Å². The first-order valence-electron chi connectivity index (χ1n) is 7.05. The lowest BCUT2D eigenvalue weighted by Crippen LogP contribution is -2.34. The van der Waals surface area contributed by atoms with Gasteiger partial charge in [0.25, 0.3) is 0 Å². The summed E-state index contributed by atoms with van der Waals surface area (Å²) in [6.45, 7) is 0.840. The normalized spacial score (nSPS) is 10.8. The average molecular weight is 338 g/mol. The van der Waals surface area contributed by atoms with E-state index in [0.29, 0.717) is 18.8 Å². The van der Waals surface area contributed by atoms with Gasteiger partial charge in [0.05, 0.1) is 23.9 Å². The van der Waals surface area contributed by atoms with E-state index in [1.54, 1.807) is 17.3 Å². The first-order valence-corrected chi connectivity index (χ1v) is 7.43. The van der Waals surface area contributed by atoms with E-state index in [1.807, 2.05) is 12.1 Å². The maximum Gasteiger partial charge on any atom is 0.238 e. The Balaban J connectivity index is 1.97. The van der Waals surface area contributed by atoms with E-state index in [0.717, 1.165) is 11.6 Å². The monoisotopic (exact) mass is 337 g/mol. The van der Waals surface area contributed by atoms with E-state index in [2.05, 4.69) is 10.3 Å². The van der Waals surface area contributed by atoms with E-state index < -0.39 is 5.82 Å². The zero-order valence-electron chi connectivity index (χ0n) is 12.4. The molecular formula is C16H17ClFN3O2. The molecule has 2 N–H and O–H groups in total. The van der Waals surface area contributed by atoms with Crippen LogP contribution in [0.25, 0.3) is 0 Å². The Morgan fingerprint density at radius 3 is 2.87 bits per heavy atom. The first-order chi connectivity index (χ1) is 11.1. The molecule has 0 spiro atoms. The Morgan fingerprint density at radius 1 is 1.39 bits per heavy atom. The Labute approximate surface area is 138 Å². The van der Waals surface area contributed by atoms with Crippen LogP contribution in [0.1, 0.15) is 5.56 Å². The maximum atomic E-state index is 13.0. The fourth-order valence-corrected chi connectivity index (χ4v) is 2.30. The van der Waals surface area contributed by atoms with Gasteiger partial charge in [0.2, 0.25) is 5.91 Å². The van der Waals surface area contributed by atoms with Crippen molar-refractivity contribution in [3.8, 4) is 0 Å². The van der Waals surface area contributed by atoms with Crippen LogP contribution in [0.4, 0.5) is 10.1 Å².